The number of carbonyl (C=O) groups is 1. The predicted molar refractivity (Wildman–Crippen MR) is 106 cm³/mol. The number of piperidine rings is 1. The molecule has 1 aliphatic heterocycles. The molecular weight excluding hydrogens is 378 g/mol. The summed E-state index contributed by atoms with van der Waals surface area (Å²) in [6.07, 6.45) is 2.72. The molecule has 28 heavy (non-hydrogen) atoms. The number of nitrogens with zero attached hydrogens (tertiary/aromatic N) is 1. The lowest BCUT2D eigenvalue weighted by Crippen LogP contribution is -2.41. The van der Waals surface area contributed by atoms with Crippen molar-refractivity contribution in [2.45, 2.75) is 44.0 Å². The molecule has 0 bridgehead atoms. The van der Waals surface area contributed by atoms with E-state index in [0.29, 0.717) is 24.7 Å². The summed E-state index contributed by atoms with van der Waals surface area (Å²) in [6.45, 7) is 4.70. The zero-order chi connectivity index (χ0) is 20.1. The summed E-state index contributed by atoms with van der Waals surface area (Å²) in [7, 11) is -3.66. The molecule has 0 radical (unpaired) electrons. The monoisotopic (exact) mass is 403 g/mol. The number of esters is 1. The number of benzene rings is 2. The Kier molecular flexibility index (Phi) is 6.36. The van der Waals surface area contributed by atoms with E-state index in [1.165, 1.54) is 16.4 Å². The number of hydrogen-bond acceptors (Lipinski definition) is 5. The van der Waals surface area contributed by atoms with Gasteiger partial charge in [0.2, 0.25) is 10.0 Å². The molecule has 2 aromatic carbocycles. The van der Waals surface area contributed by atoms with Gasteiger partial charge in [0.25, 0.3) is 0 Å². The molecule has 150 valence electrons. The van der Waals surface area contributed by atoms with Crippen LogP contribution >= 0.6 is 0 Å². The second kappa shape index (κ2) is 8.75. The summed E-state index contributed by atoms with van der Waals surface area (Å²) in [5.74, 6) is 0.132. The second-order valence-electron chi connectivity index (χ2n) is 6.76. The number of sulfonamides is 1. The van der Waals surface area contributed by atoms with Gasteiger partial charge in [0.05, 0.1) is 17.1 Å². The molecule has 1 saturated heterocycles. The van der Waals surface area contributed by atoms with E-state index in [-0.39, 0.29) is 16.5 Å². The first-order chi connectivity index (χ1) is 13.4. The van der Waals surface area contributed by atoms with Crippen molar-refractivity contribution in [1.82, 2.24) is 4.31 Å². The van der Waals surface area contributed by atoms with E-state index in [1.54, 1.807) is 36.4 Å². The standard InChI is InChI=1S/C21H25NO5S/c1-3-26-19-12-4-5-13-20(19)27-21(23)17-10-8-11-18(15-17)28(24,25)22-14-7-6-9-16(22)2/h4-5,8,10-13,15-16H,3,6-7,9,14H2,1-2H3. The maximum atomic E-state index is 13.0. The van der Waals surface area contributed by atoms with Crippen LogP contribution in [0.5, 0.6) is 11.5 Å². The van der Waals surface area contributed by atoms with Crippen molar-refractivity contribution in [1.29, 1.82) is 0 Å². The Morgan fingerprint density at radius 2 is 1.86 bits per heavy atom. The third kappa shape index (κ3) is 4.36. The molecule has 1 heterocycles. The van der Waals surface area contributed by atoms with Crippen molar-refractivity contribution in [2.24, 2.45) is 0 Å². The minimum absolute atomic E-state index is 0.0487. The summed E-state index contributed by atoms with van der Waals surface area (Å²) < 4.78 is 38.5. The van der Waals surface area contributed by atoms with Gasteiger partial charge in [-0.15, -0.1) is 0 Å². The lowest BCUT2D eigenvalue weighted by atomic mass is 10.1. The average molecular weight is 404 g/mol. The summed E-state index contributed by atoms with van der Waals surface area (Å²) in [6, 6.07) is 12.8. The topological polar surface area (TPSA) is 72.9 Å². The Hall–Kier alpha value is -2.38. The van der Waals surface area contributed by atoms with Crippen LogP contribution in [0.2, 0.25) is 0 Å². The minimum atomic E-state index is -3.66. The van der Waals surface area contributed by atoms with Gasteiger partial charge in [-0.3, -0.25) is 0 Å². The Morgan fingerprint density at radius 3 is 2.57 bits per heavy atom. The lowest BCUT2D eigenvalue weighted by Gasteiger charge is -2.32. The highest BCUT2D eigenvalue weighted by molar-refractivity contribution is 7.89. The van der Waals surface area contributed by atoms with Crippen LogP contribution < -0.4 is 9.47 Å². The summed E-state index contributed by atoms with van der Waals surface area (Å²) in [4.78, 5) is 12.7. The number of rotatable bonds is 6. The van der Waals surface area contributed by atoms with Gasteiger partial charge in [-0.25, -0.2) is 13.2 Å². The third-order valence-electron chi connectivity index (χ3n) is 4.77. The third-order valence-corrected chi connectivity index (χ3v) is 6.78. The smallest absolute Gasteiger partial charge is 0.343 e. The Balaban J connectivity index is 1.84. The molecule has 0 N–H and O–H groups in total. The minimum Gasteiger partial charge on any atom is -0.490 e. The van der Waals surface area contributed by atoms with Crippen LogP contribution in [0.3, 0.4) is 0 Å². The highest BCUT2D eigenvalue weighted by atomic mass is 32.2. The average Bonchev–Trinajstić information content (AvgIpc) is 2.70. The number of hydrogen-bond donors (Lipinski definition) is 0. The first kappa shape index (κ1) is 20.4. The Labute approximate surface area is 166 Å². The molecule has 1 fully saturated rings. The fraction of sp³-hybridized carbons (Fsp3) is 0.381. The molecule has 3 rings (SSSR count). The molecule has 7 heteroatoms. The first-order valence-corrected chi connectivity index (χ1v) is 10.9. The Morgan fingerprint density at radius 1 is 1.11 bits per heavy atom. The molecule has 1 aliphatic rings. The van der Waals surface area contributed by atoms with Crippen molar-refractivity contribution < 1.29 is 22.7 Å². The molecule has 1 atom stereocenters. The zero-order valence-corrected chi connectivity index (χ0v) is 16.9. The van der Waals surface area contributed by atoms with Crippen molar-refractivity contribution in [3.63, 3.8) is 0 Å². The molecule has 6 nitrogen and oxygen atoms in total. The SMILES string of the molecule is CCOc1ccccc1OC(=O)c1cccc(S(=O)(=O)N2CCCCC2C)c1. The van der Waals surface area contributed by atoms with E-state index in [4.69, 9.17) is 9.47 Å². The summed E-state index contributed by atoms with van der Waals surface area (Å²) in [5, 5.41) is 0. The van der Waals surface area contributed by atoms with E-state index in [9.17, 15) is 13.2 Å². The van der Waals surface area contributed by atoms with E-state index in [0.717, 1.165) is 19.3 Å². The zero-order valence-electron chi connectivity index (χ0n) is 16.1. The van der Waals surface area contributed by atoms with Gasteiger partial charge < -0.3 is 9.47 Å². The van der Waals surface area contributed by atoms with Crippen molar-refractivity contribution in [2.75, 3.05) is 13.2 Å². The molecule has 0 saturated carbocycles. The van der Waals surface area contributed by atoms with Crippen molar-refractivity contribution in [3.05, 3.63) is 54.1 Å². The normalized spacial score (nSPS) is 17.9. The van der Waals surface area contributed by atoms with Gasteiger partial charge in [-0.05, 0) is 57.0 Å². The number of para-hydroxylation sites is 2. The summed E-state index contributed by atoms with van der Waals surface area (Å²) in [5.41, 5.74) is 0.178. The molecule has 0 aliphatic carbocycles. The van der Waals surface area contributed by atoms with E-state index in [1.807, 2.05) is 13.8 Å². The van der Waals surface area contributed by atoms with Crippen LogP contribution in [0, 0.1) is 0 Å². The number of carbonyl (C=O) groups excluding carboxylic acids is 1. The molecule has 0 aromatic heterocycles. The van der Waals surface area contributed by atoms with Crippen LogP contribution in [0.1, 0.15) is 43.5 Å². The molecule has 1 unspecified atom stereocenters. The van der Waals surface area contributed by atoms with Crippen LogP contribution in [-0.2, 0) is 10.0 Å². The fourth-order valence-electron chi connectivity index (χ4n) is 3.32. The summed E-state index contributed by atoms with van der Waals surface area (Å²) >= 11 is 0. The maximum absolute atomic E-state index is 13.0. The van der Waals surface area contributed by atoms with Crippen molar-refractivity contribution in [3.8, 4) is 11.5 Å². The highest BCUT2D eigenvalue weighted by Crippen LogP contribution is 2.28. The molecular formula is C21H25NO5S. The quantitative estimate of drug-likeness (QED) is 0.541. The first-order valence-electron chi connectivity index (χ1n) is 9.49. The lowest BCUT2D eigenvalue weighted by molar-refractivity contribution is 0.0728. The van der Waals surface area contributed by atoms with Gasteiger partial charge in [-0.1, -0.05) is 24.6 Å². The molecule has 2 aromatic rings. The van der Waals surface area contributed by atoms with Gasteiger partial charge in [0.15, 0.2) is 11.5 Å². The maximum Gasteiger partial charge on any atom is 0.343 e. The van der Waals surface area contributed by atoms with Crippen LogP contribution in [0.4, 0.5) is 0 Å². The van der Waals surface area contributed by atoms with Crippen LogP contribution in [0.25, 0.3) is 0 Å². The van der Waals surface area contributed by atoms with E-state index in [2.05, 4.69) is 0 Å². The second-order valence-corrected chi connectivity index (χ2v) is 8.65. The Bertz CT molecular complexity index is 941. The van der Waals surface area contributed by atoms with Gasteiger partial charge in [0.1, 0.15) is 0 Å². The van der Waals surface area contributed by atoms with Gasteiger partial charge in [0, 0.05) is 12.6 Å². The fourth-order valence-corrected chi connectivity index (χ4v) is 5.06. The largest absolute Gasteiger partial charge is 0.490 e. The van der Waals surface area contributed by atoms with Gasteiger partial charge >= 0.3 is 5.97 Å². The van der Waals surface area contributed by atoms with Crippen molar-refractivity contribution >= 4 is 16.0 Å². The van der Waals surface area contributed by atoms with Crippen LogP contribution in [-0.4, -0.2) is 37.9 Å². The molecule has 0 spiro atoms. The highest BCUT2D eigenvalue weighted by Gasteiger charge is 2.31. The predicted octanol–water partition coefficient (Wildman–Crippen LogP) is 3.87. The number of ether oxygens (including phenoxy) is 2. The van der Waals surface area contributed by atoms with E-state index >= 15 is 0 Å². The van der Waals surface area contributed by atoms with Crippen LogP contribution in [0.15, 0.2) is 53.4 Å². The van der Waals surface area contributed by atoms with Gasteiger partial charge in [-0.2, -0.15) is 4.31 Å². The van der Waals surface area contributed by atoms with E-state index < -0.39 is 16.0 Å². The molecule has 0 amide bonds.